The van der Waals surface area contributed by atoms with Crippen molar-refractivity contribution in [1.29, 1.82) is 0 Å². The molecule has 0 aromatic carbocycles. The number of carbonyl (C=O) groups is 1. The first-order valence-electron chi connectivity index (χ1n) is 5.44. The van der Waals surface area contributed by atoms with Crippen LogP contribution in [0, 0.1) is 0 Å². The molecule has 0 radical (unpaired) electrons. The Balaban J connectivity index is 2.78. The highest BCUT2D eigenvalue weighted by Gasteiger charge is 2.43. The molecule has 5 nitrogen and oxygen atoms in total. The van der Waals surface area contributed by atoms with Crippen molar-refractivity contribution in [3.05, 3.63) is 41.3 Å². The molecule has 0 aliphatic heterocycles. The van der Waals surface area contributed by atoms with E-state index in [0.717, 1.165) is 12.3 Å². The summed E-state index contributed by atoms with van der Waals surface area (Å²) in [6.45, 7) is 0. The smallest absolute Gasteiger partial charge is 0.434 e. The van der Waals surface area contributed by atoms with E-state index in [2.05, 4.69) is 10.1 Å². The monoisotopic (exact) mass is 325 g/mol. The van der Waals surface area contributed by atoms with Crippen LogP contribution in [0.1, 0.15) is 21.6 Å². The van der Waals surface area contributed by atoms with E-state index < -0.39 is 41.0 Å². The van der Waals surface area contributed by atoms with Gasteiger partial charge in [0.15, 0.2) is 11.5 Å². The first-order valence-corrected chi connectivity index (χ1v) is 5.44. The van der Waals surface area contributed by atoms with E-state index in [0.29, 0.717) is 12.3 Å². The molecule has 1 N–H and O–H groups in total. The lowest BCUT2D eigenvalue weighted by Crippen LogP contribution is -2.20. The Morgan fingerprint density at radius 2 is 1.77 bits per heavy atom. The first-order chi connectivity index (χ1) is 10.0. The van der Waals surface area contributed by atoms with Crippen LogP contribution in [0.2, 0.25) is 0 Å². The van der Waals surface area contributed by atoms with Gasteiger partial charge in [-0.1, -0.05) is 0 Å². The summed E-state index contributed by atoms with van der Waals surface area (Å²) in [5, 5.41) is 11.8. The van der Waals surface area contributed by atoms with Crippen LogP contribution in [-0.4, -0.2) is 25.8 Å². The quantitative estimate of drug-likeness (QED) is 0.862. The number of aromatic carboxylic acids is 1. The van der Waals surface area contributed by atoms with Crippen molar-refractivity contribution in [2.75, 3.05) is 0 Å². The van der Waals surface area contributed by atoms with E-state index in [-0.39, 0.29) is 4.68 Å². The Labute approximate surface area is 117 Å². The van der Waals surface area contributed by atoms with Gasteiger partial charge < -0.3 is 5.11 Å². The van der Waals surface area contributed by atoms with E-state index in [9.17, 15) is 31.1 Å². The molecule has 0 atom stereocenters. The molecule has 2 heterocycles. The fourth-order valence-corrected chi connectivity index (χ4v) is 1.73. The standard InChI is InChI=1S/C11H5F6N3O2/c12-10(13,14)6-2-1-3-18-8(6)20-7(11(15,16)17)5(4-19-20)9(21)22/h1-4H,(H,21,22). The average Bonchev–Trinajstić information content (AvgIpc) is 2.82. The van der Waals surface area contributed by atoms with E-state index >= 15 is 0 Å². The molecule has 0 fully saturated rings. The highest BCUT2D eigenvalue weighted by atomic mass is 19.4. The molecule has 0 spiro atoms. The SMILES string of the molecule is O=C(O)c1cnn(-c2ncccc2C(F)(F)F)c1C(F)(F)F. The van der Waals surface area contributed by atoms with Gasteiger partial charge in [-0.3, -0.25) is 0 Å². The second-order valence-corrected chi connectivity index (χ2v) is 3.99. The summed E-state index contributed by atoms with van der Waals surface area (Å²) in [7, 11) is 0. The third kappa shape index (κ3) is 2.73. The molecule has 22 heavy (non-hydrogen) atoms. The number of pyridine rings is 1. The Hall–Kier alpha value is -2.59. The molecule has 0 bridgehead atoms. The summed E-state index contributed by atoms with van der Waals surface area (Å²) in [5.41, 5.74) is -4.59. The normalized spacial score (nSPS) is 12.5. The second-order valence-electron chi connectivity index (χ2n) is 3.99. The average molecular weight is 325 g/mol. The zero-order chi connectivity index (χ0) is 16.7. The largest absolute Gasteiger partial charge is 0.478 e. The van der Waals surface area contributed by atoms with Crippen molar-refractivity contribution in [3.63, 3.8) is 0 Å². The minimum Gasteiger partial charge on any atom is -0.478 e. The minimum absolute atomic E-state index is 0.174. The number of rotatable bonds is 2. The number of hydrogen-bond donors (Lipinski definition) is 1. The van der Waals surface area contributed by atoms with Crippen LogP contribution < -0.4 is 0 Å². The molecule has 11 heteroatoms. The van der Waals surface area contributed by atoms with Crippen LogP contribution in [0.25, 0.3) is 5.82 Å². The van der Waals surface area contributed by atoms with Crippen molar-refractivity contribution in [2.24, 2.45) is 0 Å². The summed E-state index contributed by atoms with van der Waals surface area (Å²) in [6, 6.07) is 1.41. The fourth-order valence-electron chi connectivity index (χ4n) is 1.73. The molecule has 0 unspecified atom stereocenters. The molecule has 0 saturated carbocycles. The van der Waals surface area contributed by atoms with Crippen molar-refractivity contribution < 1.29 is 36.2 Å². The zero-order valence-corrected chi connectivity index (χ0v) is 10.3. The highest BCUT2D eigenvalue weighted by Crippen LogP contribution is 2.37. The van der Waals surface area contributed by atoms with Gasteiger partial charge in [0.25, 0.3) is 0 Å². The van der Waals surface area contributed by atoms with E-state index in [1.807, 2.05) is 0 Å². The molecule has 0 saturated heterocycles. The number of nitrogens with zero attached hydrogens (tertiary/aromatic N) is 3. The molecular weight excluding hydrogens is 320 g/mol. The van der Waals surface area contributed by atoms with E-state index in [4.69, 9.17) is 5.11 Å². The van der Waals surface area contributed by atoms with Crippen LogP contribution in [0.3, 0.4) is 0 Å². The third-order valence-corrected chi connectivity index (χ3v) is 2.56. The van der Waals surface area contributed by atoms with Crippen LogP contribution >= 0.6 is 0 Å². The number of carboxylic acid groups (broad SMARTS) is 1. The summed E-state index contributed by atoms with van der Waals surface area (Å²) < 4.78 is 77.3. The van der Waals surface area contributed by atoms with Crippen LogP contribution in [0.5, 0.6) is 0 Å². The zero-order valence-electron chi connectivity index (χ0n) is 10.3. The van der Waals surface area contributed by atoms with Crippen LogP contribution in [0.4, 0.5) is 26.3 Å². The number of alkyl halides is 6. The molecule has 0 aliphatic carbocycles. The van der Waals surface area contributed by atoms with Crippen molar-refractivity contribution in [1.82, 2.24) is 14.8 Å². The first kappa shape index (κ1) is 15.8. The molecule has 2 aromatic rings. The van der Waals surface area contributed by atoms with Crippen LogP contribution in [-0.2, 0) is 12.4 Å². The molecule has 0 amide bonds. The molecule has 2 aromatic heterocycles. The third-order valence-electron chi connectivity index (χ3n) is 2.56. The highest BCUT2D eigenvalue weighted by molar-refractivity contribution is 5.89. The summed E-state index contributed by atoms with van der Waals surface area (Å²) in [5.74, 6) is -3.13. The number of hydrogen-bond acceptors (Lipinski definition) is 3. The maximum absolute atomic E-state index is 13.0. The number of aromatic nitrogens is 3. The van der Waals surface area contributed by atoms with Gasteiger partial charge in [-0.25, -0.2) is 14.5 Å². The Bertz CT molecular complexity index is 719. The lowest BCUT2D eigenvalue weighted by atomic mass is 10.2. The van der Waals surface area contributed by atoms with Gasteiger partial charge in [-0.2, -0.15) is 31.4 Å². The summed E-state index contributed by atoms with van der Waals surface area (Å²) in [4.78, 5) is 14.0. The summed E-state index contributed by atoms with van der Waals surface area (Å²) in [6.07, 6.45) is -9.06. The van der Waals surface area contributed by atoms with Gasteiger partial charge in [0.2, 0.25) is 0 Å². The minimum atomic E-state index is -5.23. The van der Waals surface area contributed by atoms with Gasteiger partial charge in [0, 0.05) is 6.20 Å². The number of carboxylic acids is 1. The van der Waals surface area contributed by atoms with Gasteiger partial charge in [0.1, 0.15) is 11.1 Å². The lowest BCUT2D eigenvalue weighted by Gasteiger charge is -2.15. The maximum Gasteiger partial charge on any atom is 0.434 e. The number of halogens is 6. The molecule has 0 aliphatic rings. The predicted octanol–water partition coefficient (Wildman–Crippen LogP) is 3.00. The second kappa shape index (κ2) is 5.00. The lowest BCUT2D eigenvalue weighted by molar-refractivity contribution is -0.145. The Kier molecular flexibility index (Phi) is 3.59. The van der Waals surface area contributed by atoms with Gasteiger partial charge in [-0.15, -0.1) is 0 Å². The van der Waals surface area contributed by atoms with Crippen molar-refractivity contribution in [3.8, 4) is 5.82 Å². The summed E-state index contributed by atoms with van der Waals surface area (Å²) >= 11 is 0. The van der Waals surface area contributed by atoms with Crippen molar-refractivity contribution in [2.45, 2.75) is 12.4 Å². The fraction of sp³-hybridized carbons (Fsp3) is 0.182. The Morgan fingerprint density at radius 1 is 1.14 bits per heavy atom. The van der Waals surface area contributed by atoms with Gasteiger partial charge >= 0.3 is 18.3 Å². The molecule has 2 rings (SSSR count). The predicted molar refractivity (Wildman–Crippen MR) is 58.3 cm³/mol. The molecule has 118 valence electrons. The topological polar surface area (TPSA) is 68.0 Å². The van der Waals surface area contributed by atoms with E-state index in [1.165, 1.54) is 0 Å². The van der Waals surface area contributed by atoms with Crippen molar-refractivity contribution >= 4 is 5.97 Å². The van der Waals surface area contributed by atoms with Gasteiger partial charge in [-0.05, 0) is 12.1 Å². The van der Waals surface area contributed by atoms with E-state index in [1.54, 1.807) is 0 Å². The molecular formula is C11H5F6N3O2. The maximum atomic E-state index is 13.0. The van der Waals surface area contributed by atoms with Crippen LogP contribution in [0.15, 0.2) is 24.5 Å². The van der Waals surface area contributed by atoms with Gasteiger partial charge in [0.05, 0.1) is 6.20 Å². The Morgan fingerprint density at radius 3 is 2.27 bits per heavy atom.